The summed E-state index contributed by atoms with van der Waals surface area (Å²) in [4.78, 5) is 10.8. The monoisotopic (exact) mass is 285 g/mol. The number of sulfonamides is 1. The van der Waals surface area contributed by atoms with Crippen molar-refractivity contribution in [3.63, 3.8) is 0 Å². The fraction of sp³-hybridized carbons (Fsp3) is 0.875. The van der Waals surface area contributed by atoms with E-state index in [2.05, 4.69) is 9.46 Å². The smallest absolute Gasteiger partial charge is 0.320 e. The molecule has 1 saturated heterocycles. The van der Waals surface area contributed by atoms with E-state index in [1.165, 1.54) is 0 Å². The van der Waals surface area contributed by atoms with E-state index in [-0.39, 0.29) is 24.3 Å². The second-order valence-corrected chi connectivity index (χ2v) is 8.14. The first-order valence-corrected chi connectivity index (χ1v) is 8.39. The lowest BCUT2D eigenvalue weighted by Gasteiger charge is -2.21. The molecule has 0 aromatic rings. The van der Waals surface area contributed by atoms with Crippen molar-refractivity contribution in [3.8, 4) is 0 Å². The number of hydrogen-bond donors (Lipinski definition) is 1. The summed E-state index contributed by atoms with van der Waals surface area (Å²) in [6.45, 7) is -0.428. The second kappa shape index (κ2) is 5.32. The maximum atomic E-state index is 11.7. The van der Waals surface area contributed by atoms with Gasteiger partial charge in [0, 0.05) is 0 Å². The first-order valence-electron chi connectivity index (χ1n) is 5.02. The summed E-state index contributed by atoms with van der Waals surface area (Å²) in [5, 5.41) is -0.754. The third-order valence-electron chi connectivity index (χ3n) is 2.59. The molecule has 0 radical (unpaired) electrons. The third-order valence-corrected chi connectivity index (χ3v) is 6.20. The molecule has 1 rings (SSSR count). The lowest BCUT2D eigenvalue weighted by Crippen LogP contribution is -2.41. The number of hydrogen-bond acceptors (Lipinski definition) is 6. The molecular weight excluding hydrogens is 270 g/mol. The molecule has 0 unspecified atom stereocenters. The van der Waals surface area contributed by atoms with Gasteiger partial charge in [-0.1, -0.05) is 0 Å². The van der Waals surface area contributed by atoms with E-state index in [0.29, 0.717) is 0 Å². The largest absolute Gasteiger partial charge is 0.468 e. The summed E-state index contributed by atoms with van der Waals surface area (Å²) in [6, 6.07) is 0. The summed E-state index contributed by atoms with van der Waals surface area (Å²) in [7, 11) is -5.59. The minimum absolute atomic E-state index is 0.0683. The highest BCUT2D eigenvalue weighted by Crippen LogP contribution is 2.18. The Labute approximate surface area is 100 Å². The molecule has 0 aliphatic carbocycles. The lowest BCUT2D eigenvalue weighted by atomic mass is 10.2. The van der Waals surface area contributed by atoms with Crippen LogP contribution in [0, 0.1) is 0 Å². The van der Waals surface area contributed by atoms with Gasteiger partial charge in [-0.2, -0.15) is 0 Å². The molecule has 100 valence electrons. The normalized spacial score (nSPS) is 21.0. The summed E-state index contributed by atoms with van der Waals surface area (Å²) in [5.74, 6) is -0.940. The zero-order valence-corrected chi connectivity index (χ0v) is 11.0. The van der Waals surface area contributed by atoms with Gasteiger partial charge in [0.2, 0.25) is 10.0 Å². The average Bonchev–Trinajstić information content (AvgIpc) is 2.25. The first-order chi connectivity index (χ1) is 7.77. The SMILES string of the molecule is COC(=O)CNS(=O)(=O)C1CCS(=O)(=O)CC1. The lowest BCUT2D eigenvalue weighted by molar-refractivity contribution is -0.139. The summed E-state index contributed by atoms with van der Waals surface area (Å²) < 4.78 is 52.1. The molecule has 0 amide bonds. The van der Waals surface area contributed by atoms with E-state index in [0.717, 1.165) is 7.11 Å². The van der Waals surface area contributed by atoms with Gasteiger partial charge in [0.05, 0.1) is 23.9 Å². The maximum Gasteiger partial charge on any atom is 0.320 e. The quantitative estimate of drug-likeness (QED) is 0.640. The van der Waals surface area contributed by atoms with Crippen LogP contribution in [-0.2, 0) is 29.4 Å². The van der Waals surface area contributed by atoms with Crippen LogP contribution in [0.3, 0.4) is 0 Å². The van der Waals surface area contributed by atoms with Gasteiger partial charge in [-0.15, -0.1) is 0 Å². The number of carbonyl (C=O) groups excluding carboxylic acids is 1. The molecule has 7 nitrogen and oxygen atoms in total. The molecule has 1 N–H and O–H groups in total. The van der Waals surface area contributed by atoms with Crippen LogP contribution in [0.4, 0.5) is 0 Å². The van der Waals surface area contributed by atoms with E-state index in [1.807, 2.05) is 0 Å². The van der Waals surface area contributed by atoms with Crippen LogP contribution < -0.4 is 4.72 Å². The Kier molecular flexibility index (Phi) is 4.50. The van der Waals surface area contributed by atoms with Crippen LogP contribution in [0.25, 0.3) is 0 Å². The van der Waals surface area contributed by atoms with Crippen LogP contribution in [0.5, 0.6) is 0 Å². The Morgan fingerprint density at radius 3 is 2.35 bits per heavy atom. The molecule has 1 fully saturated rings. The molecular formula is C8H15NO6S2. The number of methoxy groups -OCH3 is 1. The fourth-order valence-corrected chi connectivity index (χ4v) is 4.73. The minimum Gasteiger partial charge on any atom is -0.468 e. The van der Waals surface area contributed by atoms with Gasteiger partial charge in [-0.05, 0) is 12.8 Å². The summed E-state index contributed by atoms with van der Waals surface area (Å²) in [6.07, 6.45) is 0.137. The molecule has 0 aromatic carbocycles. The highest BCUT2D eigenvalue weighted by Gasteiger charge is 2.32. The molecule has 0 bridgehead atoms. The molecule has 1 aliphatic heterocycles. The predicted molar refractivity (Wildman–Crippen MR) is 60.6 cm³/mol. The van der Waals surface area contributed by atoms with E-state index in [9.17, 15) is 21.6 Å². The van der Waals surface area contributed by atoms with E-state index < -0.39 is 37.6 Å². The summed E-state index contributed by atoms with van der Waals surface area (Å²) in [5.41, 5.74) is 0. The fourth-order valence-electron chi connectivity index (χ4n) is 1.53. The van der Waals surface area contributed by atoms with Crippen molar-refractivity contribution >= 4 is 25.8 Å². The molecule has 0 saturated carbocycles. The maximum absolute atomic E-state index is 11.7. The molecule has 9 heteroatoms. The van der Waals surface area contributed by atoms with Crippen LogP contribution >= 0.6 is 0 Å². The van der Waals surface area contributed by atoms with Gasteiger partial charge in [0.25, 0.3) is 0 Å². The van der Waals surface area contributed by atoms with Gasteiger partial charge in [-0.25, -0.2) is 21.6 Å². The van der Waals surface area contributed by atoms with Crippen LogP contribution in [0.15, 0.2) is 0 Å². The molecule has 1 heterocycles. The zero-order valence-electron chi connectivity index (χ0n) is 9.38. The van der Waals surface area contributed by atoms with Crippen molar-refractivity contribution in [2.24, 2.45) is 0 Å². The molecule has 0 aromatic heterocycles. The van der Waals surface area contributed by atoms with Crippen molar-refractivity contribution in [2.45, 2.75) is 18.1 Å². The van der Waals surface area contributed by atoms with Crippen molar-refractivity contribution in [1.29, 1.82) is 0 Å². The Morgan fingerprint density at radius 1 is 1.35 bits per heavy atom. The zero-order chi connectivity index (χ0) is 13.1. The first kappa shape index (κ1) is 14.4. The second-order valence-electron chi connectivity index (χ2n) is 3.79. The number of esters is 1. The van der Waals surface area contributed by atoms with Gasteiger partial charge in [-0.3, -0.25) is 4.79 Å². The van der Waals surface area contributed by atoms with E-state index >= 15 is 0 Å². The number of ether oxygens (including phenoxy) is 1. The Hall–Kier alpha value is -0.670. The van der Waals surface area contributed by atoms with Crippen LogP contribution in [-0.4, -0.2) is 53.2 Å². The summed E-state index contributed by atoms with van der Waals surface area (Å²) >= 11 is 0. The topological polar surface area (TPSA) is 107 Å². The molecule has 17 heavy (non-hydrogen) atoms. The van der Waals surface area contributed by atoms with Crippen molar-refractivity contribution in [2.75, 3.05) is 25.2 Å². The van der Waals surface area contributed by atoms with Crippen LogP contribution in [0.2, 0.25) is 0 Å². The van der Waals surface area contributed by atoms with Crippen molar-refractivity contribution in [1.82, 2.24) is 4.72 Å². The highest BCUT2D eigenvalue weighted by molar-refractivity contribution is 7.92. The predicted octanol–water partition coefficient (Wildman–Crippen LogP) is -1.34. The molecule has 0 spiro atoms. The van der Waals surface area contributed by atoms with Gasteiger partial charge < -0.3 is 4.74 Å². The van der Waals surface area contributed by atoms with Gasteiger partial charge in [0.1, 0.15) is 16.4 Å². The van der Waals surface area contributed by atoms with Crippen LogP contribution in [0.1, 0.15) is 12.8 Å². The van der Waals surface area contributed by atoms with Crippen molar-refractivity contribution < 1.29 is 26.4 Å². The average molecular weight is 285 g/mol. The van der Waals surface area contributed by atoms with Crippen molar-refractivity contribution in [3.05, 3.63) is 0 Å². The Balaban J connectivity index is 2.58. The number of rotatable bonds is 4. The van der Waals surface area contributed by atoms with E-state index in [1.54, 1.807) is 0 Å². The third kappa shape index (κ3) is 4.25. The molecule has 1 aliphatic rings. The Morgan fingerprint density at radius 2 is 1.88 bits per heavy atom. The molecule has 0 atom stereocenters. The number of sulfone groups is 1. The minimum atomic E-state index is -3.65. The van der Waals surface area contributed by atoms with E-state index in [4.69, 9.17) is 0 Å². The standard InChI is InChI=1S/C8H15NO6S2/c1-15-8(10)6-9-17(13,14)7-2-4-16(11,12)5-3-7/h7,9H,2-6H2,1H3. The number of carbonyl (C=O) groups is 1. The Bertz CT molecular complexity index is 466. The highest BCUT2D eigenvalue weighted by atomic mass is 32.2. The van der Waals surface area contributed by atoms with Gasteiger partial charge >= 0.3 is 5.97 Å². The number of nitrogens with one attached hydrogen (secondary N) is 1. The van der Waals surface area contributed by atoms with Gasteiger partial charge in [0.15, 0.2) is 0 Å².